The van der Waals surface area contributed by atoms with Gasteiger partial charge in [-0.25, -0.2) is 4.98 Å². The average molecular weight is 475 g/mol. The molecule has 1 aliphatic rings. The number of halogens is 3. The largest absolute Gasteiger partial charge is 0.324 e. The summed E-state index contributed by atoms with van der Waals surface area (Å²) in [5.74, 6) is -0.227. The fraction of sp³-hybridized carbons (Fsp3) is 0.278. The Labute approximate surface area is 183 Å². The third kappa shape index (κ3) is 4.04. The lowest BCUT2D eigenvalue weighted by atomic mass is 9.97. The number of rotatable bonds is 4. The van der Waals surface area contributed by atoms with Gasteiger partial charge in [0.2, 0.25) is 5.91 Å². The maximum atomic E-state index is 12.5. The third-order valence-electron chi connectivity index (χ3n) is 4.43. The van der Waals surface area contributed by atoms with E-state index in [0.29, 0.717) is 31.3 Å². The van der Waals surface area contributed by atoms with Crippen molar-refractivity contribution in [2.75, 3.05) is 11.1 Å². The van der Waals surface area contributed by atoms with Crippen LogP contribution in [-0.2, 0) is 17.6 Å². The van der Waals surface area contributed by atoms with E-state index in [1.54, 1.807) is 11.3 Å². The zero-order valence-electron chi connectivity index (χ0n) is 14.4. The summed E-state index contributed by atoms with van der Waals surface area (Å²) in [7, 11) is 0. The molecule has 1 aliphatic carbocycles. The standard InChI is InChI=1S/C18H14Cl3N3O2S2/c19-9-5-11(21)12(6-10(9)20)22-14(25)7-27-18-23-16(26)15-8-3-1-2-4-13(8)28-17(15)24-18/h5-6H,1-4,7H2,(H,22,25)(H,23,24,26). The number of thioether (sulfide) groups is 1. The highest BCUT2D eigenvalue weighted by Crippen LogP contribution is 2.34. The van der Waals surface area contributed by atoms with E-state index >= 15 is 0 Å². The first-order valence-corrected chi connectivity index (χ1v) is 11.5. The summed E-state index contributed by atoms with van der Waals surface area (Å²) < 4.78 is 0. The van der Waals surface area contributed by atoms with E-state index in [2.05, 4.69) is 15.3 Å². The van der Waals surface area contributed by atoms with Crippen LogP contribution in [0.25, 0.3) is 10.2 Å². The number of anilines is 1. The number of H-pyrrole nitrogens is 1. The lowest BCUT2D eigenvalue weighted by Crippen LogP contribution is -2.16. The molecule has 1 aromatic carbocycles. The van der Waals surface area contributed by atoms with Crippen LogP contribution in [0.15, 0.2) is 22.1 Å². The fourth-order valence-corrected chi connectivity index (χ4v) is 5.73. The maximum Gasteiger partial charge on any atom is 0.260 e. The molecular formula is C18H14Cl3N3O2S2. The number of aryl methyl sites for hydroxylation is 2. The summed E-state index contributed by atoms with van der Waals surface area (Å²) in [6.45, 7) is 0. The highest BCUT2D eigenvalue weighted by Gasteiger charge is 2.20. The van der Waals surface area contributed by atoms with E-state index in [1.165, 1.54) is 17.0 Å². The zero-order valence-corrected chi connectivity index (χ0v) is 18.3. The molecule has 3 aromatic rings. The maximum absolute atomic E-state index is 12.5. The topological polar surface area (TPSA) is 74.8 Å². The second-order valence-corrected chi connectivity index (χ2v) is 9.61. The van der Waals surface area contributed by atoms with Gasteiger partial charge in [-0.2, -0.15) is 0 Å². The van der Waals surface area contributed by atoms with Crippen molar-refractivity contribution >= 4 is 79.7 Å². The predicted molar refractivity (Wildman–Crippen MR) is 118 cm³/mol. The number of aromatic nitrogens is 2. The van der Waals surface area contributed by atoms with Gasteiger partial charge in [-0.15, -0.1) is 11.3 Å². The molecular weight excluding hydrogens is 461 g/mol. The first-order valence-electron chi connectivity index (χ1n) is 8.54. The summed E-state index contributed by atoms with van der Waals surface area (Å²) in [6.07, 6.45) is 4.19. The van der Waals surface area contributed by atoms with Gasteiger partial charge in [0.25, 0.3) is 5.56 Å². The number of benzene rings is 1. The molecule has 0 atom stereocenters. The van der Waals surface area contributed by atoms with Crippen molar-refractivity contribution in [3.8, 4) is 0 Å². The van der Waals surface area contributed by atoms with Gasteiger partial charge in [0, 0.05) is 4.88 Å². The van der Waals surface area contributed by atoms with Crippen molar-refractivity contribution in [2.45, 2.75) is 30.8 Å². The molecule has 2 aromatic heterocycles. The molecule has 1 amide bonds. The number of amides is 1. The van der Waals surface area contributed by atoms with Gasteiger partial charge < -0.3 is 10.3 Å². The van der Waals surface area contributed by atoms with Crippen LogP contribution in [0.2, 0.25) is 15.1 Å². The van der Waals surface area contributed by atoms with Crippen LogP contribution in [0.5, 0.6) is 0 Å². The van der Waals surface area contributed by atoms with Crippen molar-refractivity contribution in [3.63, 3.8) is 0 Å². The van der Waals surface area contributed by atoms with Crippen LogP contribution in [0, 0.1) is 0 Å². The SMILES string of the molecule is O=C(CSc1nc2sc3c(c2c(=O)[nH]1)CCCC3)Nc1cc(Cl)c(Cl)cc1Cl. The van der Waals surface area contributed by atoms with Gasteiger partial charge in [0.15, 0.2) is 5.16 Å². The minimum Gasteiger partial charge on any atom is -0.324 e. The smallest absolute Gasteiger partial charge is 0.260 e. The number of thiophene rings is 1. The number of nitrogens with one attached hydrogen (secondary N) is 2. The Balaban J connectivity index is 1.49. The van der Waals surface area contributed by atoms with Crippen LogP contribution >= 0.6 is 57.9 Å². The van der Waals surface area contributed by atoms with Gasteiger partial charge in [0.1, 0.15) is 4.83 Å². The summed E-state index contributed by atoms with van der Waals surface area (Å²) in [6, 6.07) is 2.97. The summed E-state index contributed by atoms with van der Waals surface area (Å²) >= 11 is 20.7. The van der Waals surface area contributed by atoms with E-state index in [-0.39, 0.29) is 17.2 Å². The molecule has 28 heavy (non-hydrogen) atoms. The second kappa shape index (κ2) is 8.24. The highest BCUT2D eigenvalue weighted by atomic mass is 35.5. The fourth-order valence-electron chi connectivity index (χ4n) is 3.15. The molecule has 0 aliphatic heterocycles. The predicted octanol–water partition coefficient (Wildman–Crippen LogP) is 5.55. The van der Waals surface area contributed by atoms with Crippen molar-refractivity contribution in [2.24, 2.45) is 0 Å². The van der Waals surface area contributed by atoms with Crippen molar-refractivity contribution < 1.29 is 4.79 Å². The van der Waals surface area contributed by atoms with E-state index in [9.17, 15) is 9.59 Å². The Morgan fingerprint density at radius 2 is 1.93 bits per heavy atom. The quantitative estimate of drug-likeness (QED) is 0.295. The Hall–Kier alpha value is -1.25. The first kappa shape index (κ1) is 20.0. The van der Waals surface area contributed by atoms with Crippen LogP contribution < -0.4 is 10.9 Å². The van der Waals surface area contributed by atoms with Crippen LogP contribution in [0.4, 0.5) is 5.69 Å². The Morgan fingerprint density at radius 1 is 1.18 bits per heavy atom. The number of carbonyl (C=O) groups excluding carboxylic acids is 1. The molecule has 146 valence electrons. The minimum absolute atomic E-state index is 0.0656. The molecule has 0 unspecified atom stereocenters. The van der Waals surface area contributed by atoms with Crippen LogP contribution in [0.1, 0.15) is 23.3 Å². The molecule has 4 rings (SSSR count). The molecule has 10 heteroatoms. The molecule has 0 spiro atoms. The van der Waals surface area contributed by atoms with Gasteiger partial charge in [0.05, 0.1) is 31.9 Å². The lowest BCUT2D eigenvalue weighted by molar-refractivity contribution is -0.113. The summed E-state index contributed by atoms with van der Waals surface area (Å²) in [5.41, 5.74) is 1.38. The third-order valence-corrected chi connectivity index (χ3v) is 7.52. The number of hydrogen-bond acceptors (Lipinski definition) is 5. The molecule has 0 radical (unpaired) electrons. The number of fused-ring (bicyclic) bond motifs is 3. The van der Waals surface area contributed by atoms with Gasteiger partial charge in [-0.3, -0.25) is 9.59 Å². The molecule has 5 nitrogen and oxygen atoms in total. The molecule has 0 saturated carbocycles. The monoisotopic (exact) mass is 473 g/mol. The van der Waals surface area contributed by atoms with Crippen molar-refractivity contribution in [1.82, 2.24) is 9.97 Å². The number of aromatic amines is 1. The summed E-state index contributed by atoms with van der Waals surface area (Å²) in [5, 5.41) is 4.72. The summed E-state index contributed by atoms with van der Waals surface area (Å²) in [4.78, 5) is 34.1. The Morgan fingerprint density at radius 3 is 2.75 bits per heavy atom. The van der Waals surface area contributed by atoms with E-state index in [0.717, 1.165) is 47.8 Å². The van der Waals surface area contributed by atoms with Gasteiger partial charge in [-0.1, -0.05) is 46.6 Å². The molecule has 0 saturated heterocycles. The lowest BCUT2D eigenvalue weighted by Gasteiger charge is -2.09. The van der Waals surface area contributed by atoms with Crippen molar-refractivity contribution in [1.29, 1.82) is 0 Å². The van der Waals surface area contributed by atoms with Gasteiger partial charge in [-0.05, 0) is 43.4 Å². The van der Waals surface area contributed by atoms with E-state index in [4.69, 9.17) is 34.8 Å². The Kier molecular flexibility index (Phi) is 5.90. The second-order valence-electron chi connectivity index (χ2n) is 6.35. The van der Waals surface area contributed by atoms with Crippen LogP contribution in [0.3, 0.4) is 0 Å². The molecule has 2 heterocycles. The molecule has 2 N–H and O–H groups in total. The highest BCUT2D eigenvalue weighted by molar-refractivity contribution is 7.99. The normalized spacial score (nSPS) is 13.5. The molecule has 0 fully saturated rings. The molecule has 0 bridgehead atoms. The number of hydrogen-bond donors (Lipinski definition) is 2. The van der Waals surface area contributed by atoms with E-state index in [1.807, 2.05) is 0 Å². The number of nitrogens with zero attached hydrogens (tertiary/aromatic N) is 1. The van der Waals surface area contributed by atoms with Gasteiger partial charge >= 0.3 is 0 Å². The van der Waals surface area contributed by atoms with E-state index < -0.39 is 0 Å². The number of carbonyl (C=O) groups is 1. The average Bonchev–Trinajstić information content (AvgIpc) is 3.03. The van der Waals surface area contributed by atoms with Crippen LogP contribution in [-0.4, -0.2) is 21.6 Å². The Bertz CT molecular complexity index is 1140. The first-order chi connectivity index (χ1) is 13.4. The van der Waals surface area contributed by atoms with Crippen molar-refractivity contribution in [3.05, 3.63) is 48.0 Å². The minimum atomic E-state index is -0.293. The zero-order chi connectivity index (χ0) is 19.8.